The standard InChI is InChI=1S/C34H37N5O8/c1-16(2)29(32(42)36-19-8-11-23-25(14-19)39-34(44)33(43)38-23)37-24-12-9-20-21(15-26(24)41)22(35-17(3)40)10-7-18-13-27(45-4)30(46-5)31(47-6)28(18)20/h8-9,11-16,22,29H,7,10H2,1-6H3,(H,35,40)(H,36,42)(H,37,41)(H,38,43)(H,39,44)/t22-,29-/m0/s1. The monoisotopic (exact) mass is 643 g/mol. The maximum absolute atomic E-state index is 13.8. The molecule has 1 aliphatic rings. The number of H-pyrrole nitrogens is 2. The summed E-state index contributed by atoms with van der Waals surface area (Å²) in [6.45, 7) is 5.11. The zero-order valence-corrected chi connectivity index (χ0v) is 27.0. The Balaban J connectivity index is 1.57. The number of ether oxygens (including phenoxy) is 3. The molecule has 13 heteroatoms. The highest BCUT2D eigenvalue weighted by molar-refractivity contribution is 5.98. The highest BCUT2D eigenvalue weighted by atomic mass is 16.5. The molecule has 4 aromatic rings. The van der Waals surface area contributed by atoms with Crippen molar-refractivity contribution in [1.82, 2.24) is 15.3 Å². The quantitative estimate of drug-likeness (QED) is 0.171. The zero-order valence-electron chi connectivity index (χ0n) is 27.0. The molecule has 5 N–H and O–H groups in total. The summed E-state index contributed by atoms with van der Waals surface area (Å²) in [7, 11) is 4.59. The summed E-state index contributed by atoms with van der Waals surface area (Å²) in [6, 6.07) is 10.1. The van der Waals surface area contributed by atoms with Crippen molar-refractivity contribution < 1.29 is 23.8 Å². The van der Waals surface area contributed by atoms with E-state index in [9.17, 15) is 24.0 Å². The van der Waals surface area contributed by atoms with Gasteiger partial charge in [-0.25, -0.2) is 0 Å². The molecule has 1 aromatic heterocycles. The number of hydrogen-bond donors (Lipinski definition) is 5. The van der Waals surface area contributed by atoms with Crippen LogP contribution in [0, 0.1) is 5.92 Å². The second-order valence-electron chi connectivity index (χ2n) is 11.6. The van der Waals surface area contributed by atoms with Crippen LogP contribution in [-0.2, 0) is 16.0 Å². The number of hydrogen-bond acceptors (Lipinski definition) is 9. The molecule has 5 rings (SSSR count). The van der Waals surface area contributed by atoms with E-state index in [4.69, 9.17) is 14.2 Å². The van der Waals surface area contributed by atoms with Gasteiger partial charge in [0.15, 0.2) is 11.5 Å². The fourth-order valence-corrected chi connectivity index (χ4v) is 5.94. The number of carbonyl (C=O) groups excluding carboxylic acids is 2. The number of amides is 2. The molecular weight excluding hydrogens is 606 g/mol. The smallest absolute Gasteiger partial charge is 0.314 e. The van der Waals surface area contributed by atoms with Crippen LogP contribution in [0.15, 0.2) is 56.8 Å². The van der Waals surface area contributed by atoms with Crippen LogP contribution in [0.3, 0.4) is 0 Å². The molecule has 1 heterocycles. The number of anilines is 2. The third-order valence-electron chi connectivity index (χ3n) is 8.17. The van der Waals surface area contributed by atoms with Gasteiger partial charge < -0.3 is 40.1 Å². The van der Waals surface area contributed by atoms with E-state index in [1.165, 1.54) is 33.3 Å². The van der Waals surface area contributed by atoms with Gasteiger partial charge in [-0.1, -0.05) is 19.9 Å². The van der Waals surface area contributed by atoms with Crippen molar-refractivity contribution in [2.24, 2.45) is 5.92 Å². The van der Waals surface area contributed by atoms with Crippen LogP contribution >= 0.6 is 0 Å². The van der Waals surface area contributed by atoms with E-state index in [0.29, 0.717) is 63.5 Å². The predicted molar refractivity (Wildman–Crippen MR) is 179 cm³/mol. The van der Waals surface area contributed by atoms with Gasteiger partial charge in [-0.2, -0.15) is 0 Å². The number of aromatic amines is 2. The lowest BCUT2D eigenvalue weighted by atomic mass is 9.95. The molecule has 0 saturated heterocycles. The molecule has 246 valence electrons. The van der Waals surface area contributed by atoms with Crippen LogP contribution < -0.4 is 46.7 Å². The van der Waals surface area contributed by atoms with Crippen molar-refractivity contribution in [3.63, 3.8) is 0 Å². The highest BCUT2D eigenvalue weighted by Crippen LogP contribution is 2.50. The van der Waals surface area contributed by atoms with Crippen molar-refractivity contribution in [2.75, 3.05) is 32.0 Å². The van der Waals surface area contributed by atoms with Gasteiger partial charge in [0.25, 0.3) is 0 Å². The van der Waals surface area contributed by atoms with Crippen molar-refractivity contribution in [2.45, 2.75) is 45.7 Å². The number of benzene rings is 2. The second-order valence-corrected chi connectivity index (χ2v) is 11.6. The Kier molecular flexibility index (Phi) is 9.36. The van der Waals surface area contributed by atoms with Gasteiger partial charge in [-0.3, -0.25) is 24.0 Å². The Bertz CT molecular complexity index is 2050. The molecule has 0 bridgehead atoms. The number of rotatable bonds is 9. The van der Waals surface area contributed by atoms with Crippen LogP contribution in [0.1, 0.15) is 44.4 Å². The molecule has 0 saturated carbocycles. The lowest BCUT2D eigenvalue weighted by molar-refractivity contribution is -0.120. The molecule has 0 spiro atoms. The topological polar surface area (TPSA) is 181 Å². The first-order valence-corrected chi connectivity index (χ1v) is 15.1. The Morgan fingerprint density at radius 3 is 2.21 bits per heavy atom. The highest BCUT2D eigenvalue weighted by Gasteiger charge is 2.30. The largest absolute Gasteiger partial charge is 0.493 e. The number of aromatic nitrogens is 2. The molecule has 47 heavy (non-hydrogen) atoms. The van der Waals surface area contributed by atoms with Crippen LogP contribution in [0.4, 0.5) is 11.4 Å². The third-order valence-corrected chi connectivity index (χ3v) is 8.17. The van der Waals surface area contributed by atoms with E-state index in [1.54, 1.807) is 31.4 Å². The average molecular weight is 644 g/mol. The van der Waals surface area contributed by atoms with Crippen molar-refractivity contribution in [1.29, 1.82) is 0 Å². The average Bonchev–Trinajstić information content (AvgIpc) is 3.27. The number of nitrogens with one attached hydrogen (secondary N) is 5. The molecule has 1 aliphatic carbocycles. The first kappa shape index (κ1) is 32.8. The molecular formula is C34H37N5O8. The molecule has 2 atom stereocenters. The van der Waals surface area contributed by atoms with Crippen LogP contribution in [0.2, 0.25) is 0 Å². The van der Waals surface area contributed by atoms with Gasteiger partial charge in [-0.15, -0.1) is 0 Å². The number of methoxy groups -OCH3 is 3. The van der Waals surface area contributed by atoms with Crippen LogP contribution in [0.5, 0.6) is 17.2 Å². The van der Waals surface area contributed by atoms with Gasteiger partial charge >= 0.3 is 11.1 Å². The second kappa shape index (κ2) is 13.4. The Labute approximate surface area is 269 Å². The minimum atomic E-state index is -0.840. The third kappa shape index (κ3) is 6.55. The van der Waals surface area contributed by atoms with Crippen molar-refractivity contribution in [3.8, 4) is 28.4 Å². The van der Waals surface area contributed by atoms with E-state index in [0.717, 1.165) is 5.56 Å². The zero-order chi connectivity index (χ0) is 34.0. The molecule has 0 aliphatic heterocycles. The van der Waals surface area contributed by atoms with E-state index < -0.39 is 29.1 Å². The lowest BCUT2D eigenvalue weighted by Crippen LogP contribution is -2.40. The molecule has 0 radical (unpaired) electrons. The van der Waals surface area contributed by atoms with Gasteiger partial charge in [0.2, 0.25) is 23.0 Å². The summed E-state index contributed by atoms with van der Waals surface area (Å²) in [5, 5.41) is 8.95. The van der Waals surface area contributed by atoms with Crippen LogP contribution in [0.25, 0.3) is 22.2 Å². The molecule has 0 fully saturated rings. The molecule has 0 unspecified atom stereocenters. The minimum Gasteiger partial charge on any atom is -0.493 e. The van der Waals surface area contributed by atoms with E-state index in [-0.39, 0.29) is 22.9 Å². The SMILES string of the molecule is COc1cc2c(c(OC)c1OC)-c1ccc(N[C@H](C(=O)Nc3ccc4[nH]c(=O)c(=O)[nH]c4c3)C(C)C)c(=O)cc1[C@@H](NC(C)=O)CC2. The maximum atomic E-state index is 13.8. The molecule has 2 amide bonds. The van der Waals surface area contributed by atoms with Gasteiger partial charge in [0, 0.05) is 18.2 Å². The van der Waals surface area contributed by atoms with Gasteiger partial charge in [0.05, 0.1) is 44.1 Å². The fourth-order valence-electron chi connectivity index (χ4n) is 5.94. The Morgan fingerprint density at radius 1 is 0.872 bits per heavy atom. The predicted octanol–water partition coefficient (Wildman–Crippen LogP) is 3.47. The number of aryl methyl sites for hydroxylation is 1. The van der Waals surface area contributed by atoms with E-state index >= 15 is 0 Å². The van der Waals surface area contributed by atoms with Gasteiger partial charge in [0.1, 0.15) is 6.04 Å². The summed E-state index contributed by atoms with van der Waals surface area (Å²) in [6.07, 6.45) is 1.06. The van der Waals surface area contributed by atoms with Crippen molar-refractivity contribution >= 4 is 34.2 Å². The summed E-state index contributed by atoms with van der Waals surface area (Å²) in [4.78, 5) is 68.1. The minimum absolute atomic E-state index is 0.176. The summed E-state index contributed by atoms with van der Waals surface area (Å²) in [5.74, 6) is 0.404. The molecule has 13 nitrogen and oxygen atoms in total. The van der Waals surface area contributed by atoms with E-state index in [2.05, 4.69) is 25.9 Å². The van der Waals surface area contributed by atoms with Crippen molar-refractivity contribution in [3.05, 3.63) is 84.5 Å². The normalized spacial score (nSPS) is 14.3. The van der Waals surface area contributed by atoms with E-state index in [1.807, 2.05) is 19.9 Å². The fraction of sp³-hybridized carbons (Fsp3) is 0.324. The van der Waals surface area contributed by atoms with Crippen LogP contribution in [-0.4, -0.2) is 49.2 Å². The first-order valence-electron chi connectivity index (χ1n) is 15.1. The Hall–Kier alpha value is -5.59. The van der Waals surface area contributed by atoms with Gasteiger partial charge in [-0.05, 0) is 71.8 Å². The lowest BCUT2D eigenvalue weighted by Gasteiger charge is -2.22. The summed E-state index contributed by atoms with van der Waals surface area (Å²) >= 11 is 0. The maximum Gasteiger partial charge on any atom is 0.314 e. The number of carbonyl (C=O) groups is 2. The first-order chi connectivity index (χ1) is 22.4. The number of fused-ring (bicyclic) bond motifs is 4. The molecule has 3 aromatic carbocycles. The summed E-state index contributed by atoms with van der Waals surface area (Å²) < 4.78 is 17.1. The summed E-state index contributed by atoms with van der Waals surface area (Å²) in [5.41, 5.74) is 2.21. The Morgan fingerprint density at radius 2 is 1.57 bits per heavy atom.